The van der Waals surface area contributed by atoms with Crippen LogP contribution in [0.25, 0.3) is 11.3 Å². The van der Waals surface area contributed by atoms with Gasteiger partial charge >= 0.3 is 0 Å². The largest absolute Gasteiger partial charge is 0.471 e. The SMILES string of the molecule is Cc1cc(OCc2c(-c3ccccc3)noc2C)nnc1Cl. The van der Waals surface area contributed by atoms with E-state index < -0.39 is 0 Å². The molecule has 3 rings (SSSR count). The Morgan fingerprint density at radius 1 is 1.14 bits per heavy atom. The van der Waals surface area contributed by atoms with E-state index in [-0.39, 0.29) is 0 Å². The number of benzene rings is 1. The highest BCUT2D eigenvalue weighted by Crippen LogP contribution is 2.26. The summed E-state index contributed by atoms with van der Waals surface area (Å²) in [6.45, 7) is 4.01. The van der Waals surface area contributed by atoms with Crippen molar-refractivity contribution in [3.05, 3.63) is 58.4 Å². The van der Waals surface area contributed by atoms with Crippen molar-refractivity contribution in [2.45, 2.75) is 20.5 Å². The summed E-state index contributed by atoms with van der Waals surface area (Å²) in [6.07, 6.45) is 0. The highest BCUT2D eigenvalue weighted by atomic mass is 35.5. The molecule has 0 aliphatic carbocycles. The van der Waals surface area contributed by atoms with E-state index in [4.69, 9.17) is 20.9 Å². The van der Waals surface area contributed by atoms with E-state index in [2.05, 4.69) is 15.4 Å². The van der Waals surface area contributed by atoms with E-state index in [0.717, 1.165) is 28.1 Å². The molecule has 112 valence electrons. The van der Waals surface area contributed by atoms with Gasteiger partial charge in [-0.2, -0.15) is 0 Å². The van der Waals surface area contributed by atoms with Crippen molar-refractivity contribution in [1.82, 2.24) is 15.4 Å². The van der Waals surface area contributed by atoms with Crippen LogP contribution in [0.15, 0.2) is 40.9 Å². The van der Waals surface area contributed by atoms with Crippen LogP contribution in [0.2, 0.25) is 5.15 Å². The van der Waals surface area contributed by atoms with Crippen LogP contribution < -0.4 is 4.74 Å². The molecule has 0 saturated heterocycles. The Morgan fingerprint density at radius 2 is 1.91 bits per heavy atom. The highest BCUT2D eigenvalue weighted by molar-refractivity contribution is 6.30. The standard InChI is InChI=1S/C16H14ClN3O2/c1-10-8-14(18-19-16(10)17)21-9-13-11(2)22-20-15(13)12-6-4-3-5-7-12/h3-8H,9H2,1-2H3. The number of aryl methyl sites for hydroxylation is 2. The molecule has 0 aliphatic rings. The fraction of sp³-hybridized carbons (Fsp3) is 0.188. The van der Waals surface area contributed by atoms with Crippen LogP contribution in [0.3, 0.4) is 0 Å². The summed E-state index contributed by atoms with van der Waals surface area (Å²) < 4.78 is 11.0. The molecule has 0 aliphatic heterocycles. The minimum Gasteiger partial charge on any atom is -0.471 e. The molecule has 3 aromatic rings. The minimum atomic E-state index is 0.301. The van der Waals surface area contributed by atoms with Crippen molar-refractivity contribution in [3.8, 4) is 17.1 Å². The predicted octanol–water partition coefficient (Wildman–Crippen LogP) is 3.98. The first kappa shape index (κ1) is 14.5. The first-order valence-electron chi connectivity index (χ1n) is 6.78. The molecular formula is C16H14ClN3O2. The van der Waals surface area contributed by atoms with E-state index in [1.54, 1.807) is 6.07 Å². The van der Waals surface area contributed by atoms with Gasteiger partial charge in [0.1, 0.15) is 18.1 Å². The Hall–Kier alpha value is -2.40. The van der Waals surface area contributed by atoms with Gasteiger partial charge in [-0.05, 0) is 19.4 Å². The van der Waals surface area contributed by atoms with Crippen molar-refractivity contribution < 1.29 is 9.26 Å². The van der Waals surface area contributed by atoms with Gasteiger partial charge in [0.15, 0.2) is 5.15 Å². The topological polar surface area (TPSA) is 61.0 Å². The van der Waals surface area contributed by atoms with Gasteiger partial charge in [-0.1, -0.05) is 47.1 Å². The average molecular weight is 316 g/mol. The molecule has 1 aromatic carbocycles. The van der Waals surface area contributed by atoms with Crippen LogP contribution in [-0.2, 0) is 6.61 Å². The maximum Gasteiger partial charge on any atom is 0.234 e. The third-order valence-corrected chi connectivity index (χ3v) is 3.67. The molecule has 2 aromatic heterocycles. The number of hydrogen-bond donors (Lipinski definition) is 0. The van der Waals surface area contributed by atoms with Crippen LogP contribution in [-0.4, -0.2) is 15.4 Å². The van der Waals surface area contributed by atoms with E-state index in [9.17, 15) is 0 Å². The molecule has 22 heavy (non-hydrogen) atoms. The molecule has 0 atom stereocenters. The van der Waals surface area contributed by atoms with E-state index >= 15 is 0 Å². The van der Waals surface area contributed by atoms with Crippen LogP contribution >= 0.6 is 11.6 Å². The monoisotopic (exact) mass is 315 g/mol. The van der Waals surface area contributed by atoms with Gasteiger partial charge in [0, 0.05) is 11.6 Å². The molecule has 0 unspecified atom stereocenters. The van der Waals surface area contributed by atoms with Crippen molar-refractivity contribution >= 4 is 11.6 Å². The smallest absolute Gasteiger partial charge is 0.234 e. The van der Waals surface area contributed by atoms with E-state index in [1.807, 2.05) is 44.2 Å². The summed E-state index contributed by atoms with van der Waals surface area (Å²) in [7, 11) is 0. The van der Waals surface area contributed by atoms with Gasteiger partial charge in [0.05, 0.1) is 5.56 Å². The van der Waals surface area contributed by atoms with Crippen molar-refractivity contribution in [1.29, 1.82) is 0 Å². The number of aromatic nitrogens is 3. The number of nitrogens with zero attached hydrogens (tertiary/aromatic N) is 3. The van der Waals surface area contributed by atoms with Crippen LogP contribution in [0.5, 0.6) is 5.88 Å². The molecule has 6 heteroatoms. The number of halogens is 1. The third kappa shape index (κ3) is 2.94. The molecule has 0 bridgehead atoms. The van der Waals surface area contributed by atoms with E-state index in [0.29, 0.717) is 17.6 Å². The zero-order chi connectivity index (χ0) is 15.5. The Balaban J connectivity index is 1.84. The molecule has 0 saturated carbocycles. The van der Waals surface area contributed by atoms with Crippen LogP contribution in [0.1, 0.15) is 16.9 Å². The molecule has 0 N–H and O–H groups in total. The van der Waals surface area contributed by atoms with Crippen molar-refractivity contribution in [2.24, 2.45) is 0 Å². The van der Waals surface area contributed by atoms with Gasteiger partial charge < -0.3 is 9.26 Å². The van der Waals surface area contributed by atoms with Gasteiger partial charge in [0.25, 0.3) is 0 Å². The van der Waals surface area contributed by atoms with Crippen LogP contribution in [0.4, 0.5) is 0 Å². The van der Waals surface area contributed by atoms with Gasteiger partial charge in [-0.3, -0.25) is 0 Å². The van der Waals surface area contributed by atoms with E-state index in [1.165, 1.54) is 0 Å². The van der Waals surface area contributed by atoms with Crippen LogP contribution in [0, 0.1) is 13.8 Å². The van der Waals surface area contributed by atoms with Gasteiger partial charge in [0.2, 0.25) is 5.88 Å². The lowest BCUT2D eigenvalue weighted by molar-refractivity contribution is 0.287. The Kier molecular flexibility index (Phi) is 4.06. The van der Waals surface area contributed by atoms with Gasteiger partial charge in [-0.15, -0.1) is 10.2 Å². The molecule has 5 nitrogen and oxygen atoms in total. The molecular weight excluding hydrogens is 302 g/mol. The maximum atomic E-state index is 5.86. The fourth-order valence-electron chi connectivity index (χ4n) is 2.05. The van der Waals surface area contributed by atoms with Crippen molar-refractivity contribution in [2.75, 3.05) is 0 Å². The summed E-state index contributed by atoms with van der Waals surface area (Å²) in [6, 6.07) is 11.6. The molecule has 2 heterocycles. The summed E-state index contributed by atoms with van der Waals surface area (Å²) in [5.41, 5.74) is 3.46. The highest BCUT2D eigenvalue weighted by Gasteiger charge is 2.15. The number of ether oxygens (including phenoxy) is 1. The lowest BCUT2D eigenvalue weighted by atomic mass is 10.1. The summed E-state index contributed by atoms with van der Waals surface area (Å²) in [5, 5.41) is 12.2. The van der Waals surface area contributed by atoms with Gasteiger partial charge in [-0.25, -0.2) is 0 Å². The zero-order valence-corrected chi connectivity index (χ0v) is 13.0. The summed E-state index contributed by atoms with van der Waals surface area (Å²) in [4.78, 5) is 0. The maximum absolute atomic E-state index is 5.86. The second-order valence-electron chi connectivity index (χ2n) is 4.88. The first-order valence-corrected chi connectivity index (χ1v) is 7.16. The molecule has 0 amide bonds. The minimum absolute atomic E-state index is 0.301. The normalized spacial score (nSPS) is 10.7. The third-order valence-electron chi connectivity index (χ3n) is 3.30. The second-order valence-corrected chi connectivity index (χ2v) is 5.24. The fourth-order valence-corrected chi connectivity index (χ4v) is 2.14. The quantitative estimate of drug-likeness (QED) is 0.728. The second kappa shape index (κ2) is 6.15. The zero-order valence-electron chi connectivity index (χ0n) is 12.2. The number of hydrogen-bond acceptors (Lipinski definition) is 5. The lowest BCUT2D eigenvalue weighted by Crippen LogP contribution is -2.01. The Bertz CT molecular complexity index is 787. The molecule has 0 radical (unpaired) electrons. The van der Waals surface area contributed by atoms with Crippen molar-refractivity contribution in [3.63, 3.8) is 0 Å². The molecule has 0 spiro atoms. The first-order chi connectivity index (χ1) is 10.6. The summed E-state index contributed by atoms with van der Waals surface area (Å²) in [5.74, 6) is 1.14. The predicted molar refractivity (Wildman–Crippen MR) is 82.8 cm³/mol. The average Bonchev–Trinajstić information content (AvgIpc) is 2.90. The molecule has 0 fully saturated rings. The number of rotatable bonds is 4. The Labute approximate surface area is 132 Å². The lowest BCUT2D eigenvalue weighted by Gasteiger charge is -2.06. The summed E-state index contributed by atoms with van der Waals surface area (Å²) >= 11 is 5.86. The Morgan fingerprint density at radius 3 is 2.64 bits per heavy atom.